The quantitative estimate of drug-likeness (QED) is 0.0185. The van der Waals surface area contributed by atoms with Crippen LogP contribution in [-0.4, -0.2) is 411 Å². The van der Waals surface area contributed by atoms with Crippen molar-refractivity contribution < 1.29 is 351 Å². The number of aliphatic hydroxyl groups is 10. The third-order valence-electron chi connectivity index (χ3n) is 18.5. The van der Waals surface area contributed by atoms with E-state index in [1.54, 1.807) is 36.4 Å². The summed E-state index contributed by atoms with van der Waals surface area (Å²) < 4.78 is 270. The summed E-state index contributed by atoms with van der Waals surface area (Å²) in [6.07, 6.45) is -20.1. The van der Waals surface area contributed by atoms with Crippen LogP contribution in [0.2, 0.25) is 0 Å². The van der Waals surface area contributed by atoms with E-state index in [2.05, 4.69) is 37.4 Å². The van der Waals surface area contributed by atoms with Crippen LogP contribution in [0.3, 0.4) is 0 Å². The van der Waals surface area contributed by atoms with Gasteiger partial charge in [0.2, 0.25) is 20.8 Å². The molecule has 0 aliphatic carbocycles. The number of carboxylic acid groups (broad SMARTS) is 2. The van der Waals surface area contributed by atoms with E-state index in [0.717, 1.165) is 27.1 Å². The van der Waals surface area contributed by atoms with Gasteiger partial charge in [0, 0.05) is 68.0 Å². The van der Waals surface area contributed by atoms with Crippen LogP contribution in [-0.2, 0) is 155 Å². The van der Waals surface area contributed by atoms with E-state index >= 15 is 0 Å². The van der Waals surface area contributed by atoms with E-state index in [1.165, 1.54) is 4.72 Å². The fourth-order valence-electron chi connectivity index (χ4n) is 12.0. The molecule has 0 radical (unpaired) electrons. The number of carbonyl (C=O) groups excluding carboxylic acids is 1. The molecule has 66 heteroatoms. The molecular formula is C61H109BrN5Na4O50S6+. The summed E-state index contributed by atoms with van der Waals surface area (Å²) in [4.78, 5) is 22.9. The van der Waals surface area contributed by atoms with Crippen molar-refractivity contribution in [1.29, 1.82) is 15.8 Å². The van der Waals surface area contributed by atoms with E-state index in [1.807, 2.05) is 55.4 Å². The number of carboxylic acids is 2. The molecule has 0 saturated carbocycles. The van der Waals surface area contributed by atoms with Crippen LogP contribution in [0.1, 0.15) is 69.7 Å². The average Bonchev–Trinajstić information content (AvgIpc) is 0.814. The van der Waals surface area contributed by atoms with Crippen molar-refractivity contribution in [3.8, 4) is 17.5 Å². The molecule has 8 aliphatic rings. The fourth-order valence-corrected chi connectivity index (χ4v) is 14.8. The van der Waals surface area contributed by atoms with Crippen LogP contribution in [0.25, 0.3) is 0 Å². The number of hydrogen-bond donors (Lipinski definition) is 16. The Bertz CT molecular complexity index is 3800. The zero-order chi connectivity index (χ0) is 95.4. The van der Waals surface area contributed by atoms with E-state index in [0.29, 0.717) is 26.4 Å². The van der Waals surface area contributed by atoms with Crippen molar-refractivity contribution >= 4 is 90.1 Å². The van der Waals surface area contributed by atoms with Crippen molar-refractivity contribution in [2.24, 2.45) is 23.7 Å². The predicted molar refractivity (Wildman–Crippen MR) is 398 cm³/mol. The number of aliphatic carboxylic acids is 2. The summed E-state index contributed by atoms with van der Waals surface area (Å²) in [5.74, 6) is -2.50. The number of hydrogen-bond acceptors (Lipinski definition) is 49. The number of aliphatic hydroxyl groups excluding tert-OH is 10. The van der Waals surface area contributed by atoms with Crippen LogP contribution < -0.4 is 133 Å². The van der Waals surface area contributed by atoms with Gasteiger partial charge in [0.05, 0.1) is 121 Å². The number of carbonyl (C=O) groups is 2. The molecule has 32 atom stereocenters. The van der Waals surface area contributed by atoms with Gasteiger partial charge in [-0.15, -0.1) is 0 Å². The van der Waals surface area contributed by atoms with Gasteiger partial charge >= 0.3 is 157 Å². The number of nitrogens with zero attached hydrogens (tertiary/aromatic N) is 3. The first-order valence-corrected chi connectivity index (χ1v) is 45.1. The van der Waals surface area contributed by atoms with Crippen molar-refractivity contribution in [3.05, 3.63) is 0 Å². The minimum Gasteiger partial charge on any atom is -0.735 e. The second-order valence-corrected chi connectivity index (χ2v) is 34.4. The van der Waals surface area contributed by atoms with Gasteiger partial charge in [-0.1, -0.05) is 41.5 Å². The van der Waals surface area contributed by atoms with E-state index in [-0.39, 0.29) is 192 Å². The van der Waals surface area contributed by atoms with E-state index < -0.39 is 236 Å². The zero-order valence-corrected chi connectivity index (χ0v) is 86.1. The number of nitriles is 3. The summed E-state index contributed by atoms with van der Waals surface area (Å²) in [5.41, 5.74) is 0. The Labute approximate surface area is 833 Å². The van der Waals surface area contributed by atoms with Crippen LogP contribution in [0.5, 0.6) is 0 Å². The molecule has 0 bridgehead atoms. The van der Waals surface area contributed by atoms with Crippen molar-refractivity contribution in [3.63, 3.8) is 0 Å². The van der Waals surface area contributed by atoms with Crippen LogP contribution >= 0.6 is 15.9 Å². The Balaban J connectivity index is -0.000000331. The summed E-state index contributed by atoms with van der Waals surface area (Å²) >= 11 is 2.45. The van der Waals surface area contributed by atoms with Crippen LogP contribution in [0.15, 0.2) is 0 Å². The summed E-state index contributed by atoms with van der Waals surface area (Å²) in [5, 5.41) is 139. The molecule has 0 spiro atoms. The smallest absolute Gasteiger partial charge is 0.735 e. The largest absolute Gasteiger partial charge is 1.00 e. The zero-order valence-electron chi connectivity index (χ0n) is 72.6. The average molecular weight is 2080 g/mol. The molecule has 0 aromatic carbocycles. The molecule has 0 amide bonds. The van der Waals surface area contributed by atoms with Gasteiger partial charge in [0.25, 0.3) is 12.5 Å². The molecule has 8 rings (SSSR count). The Morgan fingerprint density at radius 3 is 1.16 bits per heavy atom. The van der Waals surface area contributed by atoms with Gasteiger partial charge in [-0.25, -0.2) is 43.1 Å². The van der Waals surface area contributed by atoms with Gasteiger partial charge in [-0.3, -0.25) is 22.0 Å². The van der Waals surface area contributed by atoms with Gasteiger partial charge in [0.1, 0.15) is 121 Å². The molecular weight excluding hydrogens is 1970 g/mol. The third kappa shape index (κ3) is 51.4. The molecule has 0 aromatic heterocycles. The Morgan fingerprint density at radius 1 is 0.425 bits per heavy atom. The number of halogens is 1. The topological polar surface area (TPSA) is 876 Å². The number of nitrogens with one attached hydrogen (secondary N) is 2. The summed E-state index contributed by atoms with van der Waals surface area (Å²) in [7, 11) is -23.6. The minimum absolute atomic E-state index is 0. The molecule has 724 valence electrons. The molecule has 127 heavy (non-hydrogen) atoms. The molecule has 8 fully saturated rings. The van der Waals surface area contributed by atoms with Crippen molar-refractivity contribution in [1.82, 2.24) is 9.44 Å². The Hall–Kier alpha value is -0.170. The summed E-state index contributed by atoms with van der Waals surface area (Å²) in [6.45, 7) is 14.1. The van der Waals surface area contributed by atoms with Crippen molar-refractivity contribution in [2.75, 3.05) is 94.5 Å². The molecule has 16 unspecified atom stereocenters. The first kappa shape index (κ1) is 135. The second kappa shape index (κ2) is 65.6. The standard InChI is InChI=1S/2C9H15NO3.2C8H16O3.2C7H12O9S.2C6H13NO10S2.CBrN.4Na/c1-6-4-12-7(2)9(11-3)8(6)13-5-10;1-3-7-8(11)9(13-5-10)6(2)4-12-7;1-5-4-11-6(2)8(10-3)7(5)9;1-3-6-8(10)7(9)5(2)4-11-6;2*1-14-5-4(8)3(16-17(11,12)13)2-15-6(5)7(9)10;2*8-5-3(7-18(10,11)12)1-16-4(6(5)9)2-17-19(13,14)15;2-1-3;;;;/h6-9H,4H2,1-3H3;6-9,11H,3-4H2,1-2H3;5-9H,4H2,1-3H3;5-10H,3-4H2,1-2H3;2*3-6,8H,2H2,1H3,(H,9,10)(H,11,12,13);2*3-9H,1-2H2,(H,10,11,12)(H,13,14,15);;;;;/q;;;;;;;;;4*+1/p-3/t2*6?,7?,8-,9+;2*5?,6?,7-,8+;2*3?,4-,5-,6?;2*3?,4?,5-,6+;;;;;/m01000000...../s1. The van der Waals surface area contributed by atoms with E-state index in [9.17, 15) is 130 Å². The SMILES string of the molecule is CCC1OCC(C)[C@H](O)[C@@H]1O.CCC1OCC(C)[C@H](OC#N)[C@@H]1O.CO[C@@H]1C(C(=O)O)OCC(OS(=O)(=O)O)[C@@H]1O.CO[C@@H]1C(C(=O)[O-])OCC(OS(=O)(=O)[O-])[C@@H]1O.CO[C@@H]1C(C)OCC(C)[C@@H]1O.CO[C@@H]1C(C)OCC(C)[C@@H]1OC#N.N#CBr.O=S(=O)(O)NC1COC(COS(=O)(=O)O)[C@@H](O)[C@H]1O.O=S(=O)([O-])NC1COC(COS(=O)(=O)[O-])[C@@H](O)[C@H]1O.[H+].[Na+].[Na+].[Na+].[Na+]. The van der Waals surface area contributed by atoms with Crippen LogP contribution in [0.4, 0.5) is 0 Å². The number of ether oxygens (including phenoxy) is 14. The van der Waals surface area contributed by atoms with Crippen LogP contribution in [0, 0.1) is 56.9 Å². The monoisotopic (exact) mass is 2070 g/mol. The summed E-state index contributed by atoms with van der Waals surface area (Å²) in [6, 6.07) is -2.70. The maximum absolute atomic E-state index is 10.7. The van der Waals surface area contributed by atoms with Gasteiger partial charge in [0.15, 0.2) is 16.4 Å². The molecule has 8 heterocycles. The molecule has 16 N–H and O–H groups in total. The predicted octanol–water partition coefficient (Wildman–Crippen LogP) is -21.8. The van der Waals surface area contributed by atoms with E-state index in [4.69, 9.17) is 96.1 Å². The van der Waals surface area contributed by atoms with Gasteiger partial charge in [-0.05, 0) is 26.7 Å². The first-order valence-electron chi connectivity index (χ1n) is 36.0. The van der Waals surface area contributed by atoms with Gasteiger partial charge in [-0.2, -0.15) is 45.8 Å². The Morgan fingerprint density at radius 2 is 0.780 bits per heavy atom. The second-order valence-electron chi connectivity index (χ2n) is 27.5. The normalized spacial score (nSPS) is 35.3. The van der Waals surface area contributed by atoms with Crippen molar-refractivity contribution in [2.45, 2.75) is 239 Å². The maximum atomic E-state index is 10.7. The molecule has 0 aromatic rings. The molecule has 55 nitrogen and oxygen atoms in total. The minimum atomic E-state index is -5.03. The molecule has 8 aliphatic heterocycles. The number of rotatable bonds is 24. The fraction of sp³-hybridized carbons (Fsp3) is 0.918. The number of methoxy groups -OCH3 is 4. The Kier molecular flexibility index (Phi) is 69.9. The maximum Gasteiger partial charge on any atom is 1.00 e. The third-order valence-corrected chi connectivity index (χ3v) is 21.5. The first-order chi connectivity index (χ1) is 56.7. The molecule has 8 saturated heterocycles. The van der Waals surface area contributed by atoms with Gasteiger partial charge < -0.3 is 146 Å².